The summed E-state index contributed by atoms with van der Waals surface area (Å²) < 4.78 is 5.60. The Labute approximate surface area is 131 Å². The molecule has 4 nitrogen and oxygen atoms in total. The van der Waals surface area contributed by atoms with Gasteiger partial charge in [0.25, 0.3) is 0 Å². The first kappa shape index (κ1) is 13.9. The fourth-order valence-corrected chi connectivity index (χ4v) is 2.22. The van der Waals surface area contributed by atoms with Crippen LogP contribution in [0.2, 0.25) is 10.0 Å². The molecular weight excluding hydrogens is 309 g/mol. The van der Waals surface area contributed by atoms with Crippen molar-refractivity contribution in [1.82, 2.24) is 10.2 Å². The first-order valence-electron chi connectivity index (χ1n) is 6.28. The monoisotopic (exact) mass is 319 g/mol. The highest BCUT2D eigenvalue weighted by Gasteiger charge is 2.08. The van der Waals surface area contributed by atoms with E-state index in [2.05, 4.69) is 15.5 Å². The molecule has 0 spiro atoms. The number of anilines is 1. The van der Waals surface area contributed by atoms with E-state index in [1.165, 1.54) is 0 Å². The summed E-state index contributed by atoms with van der Waals surface area (Å²) in [6, 6.07) is 14.7. The maximum absolute atomic E-state index is 5.94. The van der Waals surface area contributed by atoms with E-state index in [0.717, 1.165) is 11.3 Å². The molecule has 0 saturated carbocycles. The molecule has 21 heavy (non-hydrogen) atoms. The first-order valence-corrected chi connectivity index (χ1v) is 7.04. The van der Waals surface area contributed by atoms with Crippen molar-refractivity contribution in [3.8, 4) is 11.5 Å². The molecule has 0 saturated heterocycles. The molecule has 1 aromatic heterocycles. The van der Waals surface area contributed by atoms with Gasteiger partial charge in [-0.05, 0) is 36.4 Å². The molecule has 6 heteroatoms. The predicted molar refractivity (Wildman–Crippen MR) is 83.5 cm³/mol. The van der Waals surface area contributed by atoms with E-state index < -0.39 is 0 Å². The number of halogens is 2. The molecule has 3 aromatic rings. The van der Waals surface area contributed by atoms with E-state index in [1.54, 1.807) is 12.1 Å². The van der Waals surface area contributed by atoms with Gasteiger partial charge in [0.2, 0.25) is 11.8 Å². The van der Waals surface area contributed by atoms with E-state index in [9.17, 15) is 0 Å². The summed E-state index contributed by atoms with van der Waals surface area (Å²) in [5, 5.41) is 12.5. The Kier molecular flexibility index (Phi) is 4.08. The van der Waals surface area contributed by atoms with Crippen LogP contribution in [0.1, 0.15) is 5.89 Å². The van der Waals surface area contributed by atoms with Crippen LogP contribution >= 0.6 is 23.2 Å². The van der Waals surface area contributed by atoms with Gasteiger partial charge in [-0.25, -0.2) is 0 Å². The molecule has 1 heterocycles. The standard InChI is InChI=1S/C15H11Cl2N3O/c16-11-4-1-3-10(7-11)15-20-19-14(21-15)9-18-13-6-2-5-12(17)8-13/h1-8,18H,9H2. The quantitative estimate of drug-likeness (QED) is 0.760. The van der Waals surface area contributed by atoms with E-state index in [0.29, 0.717) is 28.4 Å². The smallest absolute Gasteiger partial charge is 0.247 e. The summed E-state index contributed by atoms with van der Waals surface area (Å²) in [6.45, 7) is 0.425. The third-order valence-electron chi connectivity index (χ3n) is 2.81. The Morgan fingerprint density at radius 1 is 0.952 bits per heavy atom. The molecule has 0 bridgehead atoms. The maximum Gasteiger partial charge on any atom is 0.247 e. The van der Waals surface area contributed by atoms with Gasteiger partial charge in [0, 0.05) is 21.3 Å². The highest BCUT2D eigenvalue weighted by atomic mass is 35.5. The van der Waals surface area contributed by atoms with Gasteiger partial charge in [0.05, 0.1) is 6.54 Å². The van der Waals surface area contributed by atoms with E-state index in [4.69, 9.17) is 27.6 Å². The summed E-state index contributed by atoms with van der Waals surface area (Å²) in [5.41, 5.74) is 1.69. The zero-order valence-corrected chi connectivity index (χ0v) is 12.4. The van der Waals surface area contributed by atoms with Crippen molar-refractivity contribution in [3.05, 3.63) is 64.5 Å². The number of rotatable bonds is 4. The highest BCUT2D eigenvalue weighted by Crippen LogP contribution is 2.22. The minimum atomic E-state index is 0.425. The van der Waals surface area contributed by atoms with Crippen molar-refractivity contribution >= 4 is 28.9 Å². The SMILES string of the molecule is Clc1cccc(NCc2nnc(-c3cccc(Cl)c3)o2)c1. The second-order valence-corrected chi connectivity index (χ2v) is 5.25. The molecule has 0 atom stereocenters. The average Bonchev–Trinajstić information content (AvgIpc) is 2.94. The van der Waals surface area contributed by atoms with Crippen molar-refractivity contribution in [2.24, 2.45) is 0 Å². The topological polar surface area (TPSA) is 51.0 Å². The van der Waals surface area contributed by atoms with Gasteiger partial charge in [-0.3, -0.25) is 0 Å². The molecule has 3 rings (SSSR count). The van der Waals surface area contributed by atoms with Crippen molar-refractivity contribution in [2.45, 2.75) is 6.54 Å². The number of nitrogens with one attached hydrogen (secondary N) is 1. The zero-order valence-electron chi connectivity index (χ0n) is 10.9. The Morgan fingerprint density at radius 2 is 1.71 bits per heavy atom. The zero-order chi connectivity index (χ0) is 14.7. The second kappa shape index (κ2) is 6.16. The van der Waals surface area contributed by atoms with Crippen LogP contribution in [0, 0.1) is 0 Å². The molecule has 0 aliphatic heterocycles. The number of nitrogens with zero attached hydrogens (tertiary/aromatic N) is 2. The lowest BCUT2D eigenvalue weighted by atomic mass is 10.2. The molecule has 0 fully saturated rings. The Morgan fingerprint density at radius 3 is 2.48 bits per heavy atom. The molecule has 0 amide bonds. The number of aromatic nitrogens is 2. The normalized spacial score (nSPS) is 10.6. The first-order chi connectivity index (χ1) is 10.2. The van der Waals surface area contributed by atoms with Crippen LogP contribution in [0.4, 0.5) is 5.69 Å². The summed E-state index contributed by atoms with van der Waals surface area (Å²) in [7, 11) is 0. The van der Waals surface area contributed by atoms with E-state index in [1.807, 2.05) is 36.4 Å². The van der Waals surface area contributed by atoms with Crippen LogP contribution in [-0.2, 0) is 6.54 Å². The summed E-state index contributed by atoms with van der Waals surface area (Å²) in [4.78, 5) is 0. The van der Waals surface area contributed by atoms with Gasteiger partial charge in [0.1, 0.15) is 0 Å². The fourth-order valence-electron chi connectivity index (χ4n) is 1.84. The van der Waals surface area contributed by atoms with E-state index >= 15 is 0 Å². The molecule has 0 radical (unpaired) electrons. The van der Waals surface area contributed by atoms with Gasteiger partial charge in [-0.2, -0.15) is 0 Å². The number of benzene rings is 2. The second-order valence-electron chi connectivity index (χ2n) is 4.38. The lowest BCUT2D eigenvalue weighted by molar-refractivity contribution is 0.515. The fraction of sp³-hybridized carbons (Fsp3) is 0.0667. The molecule has 0 unspecified atom stereocenters. The molecule has 106 valence electrons. The van der Waals surface area contributed by atoms with Crippen LogP contribution in [-0.4, -0.2) is 10.2 Å². The maximum atomic E-state index is 5.94. The van der Waals surface area contributed by atoms with Crippen LogP contribution in [0.15, 0.2) is 52.9 Å². The van der Waals surface area contributed by atoms with Crippen molar-refractivity contribution in [2.75, 3.05) is 5.32 Å². The van der Waals surface area contributed by atoms with E-state index in [-0.39, 0.29) is 0 Å². The Bertz CT molecular complexity index is 758. The highest BCUT2D eigenvalue weighted by molar-refractivity contribution is 6.31. The van der Waals surface area contributed by atoms with Gasteiger partial charge in [0.15, 0.2) is 0 Å². The van der Waals surface area contributed by atoms with Crippen molar-refractivity contribution in [1.29, 1.82) is 0 Å². The third kappa shape index (κ3) is 3.54. The minimum Gasteiger partial charge on any atom is -0.419 e. The van der Waals surface area contributed by atoms with Crippen LogP contribution in [0.5, 0.6) is 0 Å². The Balaban J connectivity index is 1.71. The summed E-state index contributed by atoms with van der Waals surface area (Å²) in [5.74, 6) is 0.936. The number of hydrogen-bond acceptors (Lipinski definition) is 4. The van der Waals surface area contributed by atoms with Gasteiger partial charge >= 0.3 is 0 Å². The Hall–Kier alpha value is -2.04. The average molecular weight is 320 g/mol. The molecule has 1 N–H and O–H groups in total. The predicted octanol–water partition coefficient (Wildman–Crippen LogP) is 4.66. The van der Waals surface area contributed by atoms with Gasteiger partial charge < -0.3 is 9.73 Å². The van der Waals surface area contributed by atoms with Crippen LogP contribution in [0.25, 0.3) is 11.5 Å². The molecule has 2 aromatic carbocycles. The van der Waals surface area contributed by atoms with Crippen LogP contribution in [0.3, 0.4) is 0 Å². The molecular formula is C15H11Cl2N3O. The summed E-state index contributed by atoms with van der Waals surface area (Å²) in [6.07, 6.45) is 0. The van der Waals surface area contributed by atoms with Crippen molar-refractivity contribution < 1.29 is 4.42 Å². The van der Waals surface area contributed by atoms with Crippen molar-refractivity contribution in [3.63, 3.8) is 0 Å². The molecule has 0 aliphatic rings. The van der Waals surface area contributed by atoms with Crippen LogP contribution < -0.4 is 5.32 Å². The lowest BCUT2D eigenvalue weighted by Gasteiger charge is -2.03. The van der Waals surface area contributed by atoms with Gasteiger partial charge in [-0.1, -0.05) is 35.3 Å². The van der Waals surface area contributed by atoms with Gasteiger partial charge in [-0.15, -0.1) is 10.2 Å². The third-order valence-corrected chi connectivity index (χ3v) is 3.28. The number of hydrogen-bond donors (Lipinski definition) is 1. The largest absolute Gasteiger partial charge is 0.419 e. The lowest BCUT2D eigenvalue weighted by Crippen LogP contribution is -1.99. The minimum absolute atomic E-state index is 0.425. The molecule has 0 aliphatic carbocycles. The summed E-state index contributed by atoms with van der Waals surface area (Å²) >= 11 is 11.9.